The summed E-state index contributed by atoms with van der Waals surface area (Å²) in [4.78, 5) is 26.7. The first kappa shape index (κ1) is 17.2. The largest absolute Gasteiger partial charge is 0.422 e. The smallest absolute Gasteiger partial charge is 0.316 e. The van der Waals surface area contributed by atoms with Crippen LogP contribution in [0.1, 0.15) is 28.9 Å². The second-order valence-electron chi connectivity index (χ2n) is 6.67. The Morgan fingerprint density at radius 2 is 1.96 bits per heavy atom. The molecule has 25 heavy (non-hydrogen) atoms. The summed E-state index contributed by atoms with van der Waals surface area (Å²) in [5.74, 6) is -0.396. The van der Waals surface area contributed by atoms with Gasteiger partial charge in [-0.15, -0.1) is 0 Å². The fourth-order valence-corrected chi connectivity index (χ4v) is 3.21. The zero-order valence-corrected chi connectivity index (χ0v) is 15.3. The molecule has 1 fully saturated rings. The first-order valence-corrected chi connectivity index (χ1v) is 8.38. The number of amides is 1. The van der Waals surface area contributed by atoms with Crippen LogP contribution in [0.25, 0.3) is 0 Å². The molecule has 1 aliphatic rings. The van der Waals surface area contributed by atoms with Gasteiger partial charge in [-0.25, -0.2) is 0 Å². The Hall–Kier alpha value is -2.63. The maximum Gasteiger partial charge on any atom is 0.316 e. The van der Waals surface area contributed by atoms with E-state index in [1.54, 1.807) is 23.6 Å². The molecular formula is C19H23N3O3. The number of ether oxygens (including phenoxy) is 1. The number of nitrogens with zero attached hydrogens (tertiary/aromatic N) is 3. The number of hydrogen-bond acceptors (Lipinski definition) is 4. The highest BCUT2D eigenvalue weighted by atomic mass is 16.5. The van der Waals surface area contributed by atoms with Gasteiger partial charge < -0.3 is 9.64 Å². The number of esters is 1. The van der Waals surface area contributed by atoms with Crippen LogP contribution in [-0.4, -0.2) is 28.2 Å². The Morgan fingerprint density at radius 3 is 2.60 bits per heavy atom. The molecule has 6 heteroatoms. The average Bonchev–Trinajstić information content (AvgIpc) is 3.05. The van der Waals surface area contributed by atoms with E-state index in [0.717, 1.165) is 22.5 Å². The molecule has 1 atom stereocenters. The topological polar surface area (TPSA) is 64.4 Å². The quantitative estimate of drug-likeness (QED) is 0.805. The van der Waals surface area contributed by atoms with Crippen molar-refractivity contribution in [1.29, 1.82) is 0 Å². The minimum absolute atomic E-state index is 0.0460. The molecular weight excluding hydrogens is 318 g/mol. The third kappa shape index (κ3) is 3.04. The molecule has 1 aromatic heterocycles. The summed E-state index contributed by atoms with van der Waals surface area (Å²) < 4.78 is 7.25. The molecule has 1 aliphatic heterocycles. The Morgan fingerprint density at radius 1 is 1.24 bits per heavy atom. The van der Waals surface area contributed by atoms with Crippen LogP contribution in [0.3, 0.4) is 0 Å². The van der Waals surface area contributed by atoms with Crippen LogP contribution in [0.15, 0.2) is 18.2 Å². The SMILES string of the molecule is Cc1cccc(N2CC(C(=O)Oc3c(C)nn(C)c3C)CC2=O)c1C. The van der Waals surface area contributed by atoms with Gasteiger partial charge in [0, 0.05) is 25.7 Å². The van der Waals surface area contributed by atoms with Gasteiger partial charge in [0.05, 0.1) is 11.6 Å². The van der Waals surface area contributed by atoms with Crippen LogP contribution in [-0.2, 0) is 16.6 Å². The van der Waals surface area contributed by atoms with Crippen molar-refractivity contribution in [2.75, 3.05) is 11.4 Å². The molecule has 0 aliphatic carbocycles. The highest BCUT2D eigenvalue weighted by Gasteiger charge is 2.37. The van der Waals surface area contributed by atoms with Gasteiger partial charge in [-0.1, -0.05) is 12.1 Å². The fourth-order valence-electron chi connectivity index (χ4n) is 3.21. The molecule has 0 spiro atoms. The van der Waals surface area contributed by atoms with Crippen molar-refractivity contribution in [2.24, 2.45) is 13.0 Å². The fraction of sp³-hybridized carbons (Fsp3) is 0.421. The number of rotatable bonds is 3. The molecule has 1 unspecified atom stereocenters. The minimum atomic E-state index is -0.466. The molecule has 1 amide bonds. The molecule has 2 heterocycles. The summed E-state index contributed by atoms with van der Waals surface area (Å²) in [6, 6.07) is 5.86. The minimum Gasteiger partial charge on any atom is -0.422 e. The lowest BCUT2D eigenvalue weighted by atomic mass is 10.1. The predicted molar refractivity (Wildman–Crippen MR) is 94.7 cm³/mol. The van der Waals surface area contributed by atoms with E-state index in [0.29, 0.717) is 18.0 Å². The van der Waals surface area contributed by atoms with E-state index < -0.39 is 5.92 Å². The molecule has 3 rings (SSSR count). The first-order chi connectivity index (χ1) is 11.8. The zero-order valence-electron chi connectivity index (χ0n) is 15.3. The monoisotopic (exact) mass is 341 g/mol. The summed E-state index contributed by atoms with van der Waals surface area (Å²) in [6.07, 6.45) is 0.171. The Kier molecular flexibility index (Phi) is 4.37. The van der Waals surface area contributed by atoms with Crippen molar-refractivity contribution in [3.05, 3.63) is 40.7 Å². The number of hydrogen-bond donors (Lipinski definition) is 0. The predicted octanol–water partition coefficient (Wildman–Crippen LogP) is 2.61. The van der Waals surface area contributed by atoms with E-state index >= 15 is 0 Å². The van der Waals surface area contributed by atoms with E-state index in [2.05, 4.69) is 5.10 Å². The number of benzene rings is 1. The van der Waals surface area contributed by atoms with Crippen LogP contribution in [0.2, 0.25) is 0 Å². The highest BCUT2D eigenvalue weighted by Crippen LogP contribution is 2.31. The van der Waals surface area contributed by atoms with Gasteiger partial charge in [-0.3, -0.25) is 14.3 Å². The van der Waals surface area contributed by atoms with Crippen molar-refractivity contribution in [3.63, 3.8) is 0 Å². The van der Waals surface area contributed by atoms with Crippen LogP contribution in [0.5, 0.6) is 5.75 Å². The third-order valence-electron chi connectivity index (χ3n) is 4.97. The molecule has 6 nitrogen and oxygen atoms in total. The lowest BCUT2D eigenvalue weighted by Crippen LogP contribution is -2.28. The summed E-state index contributed by atoms with van der Waals surface area (Å²) in [7, 11) is 1.81. The second-order valence-corrected chi connectivity index (χ2v) is 6.67. The molecule has 0 N–H and O–H groups in total. The van der Waals surface area contributed by atoms with Crippen molar-refractivity contribution in [3.8, 4) is 5.75 Å². The highest BCUT2D eigenvalue weighted by molar-refractivity contribution is 6.00. The molecule has 1 saturated heterocycles. The van der Waals surface area contributed by atoms with E-state index in [4.69, 9.17) is 4.74 Å². The van der Waals surface area contributed by atoms with Crippen LogP contribution in [0, 0.1) is 33.6 Å². The van der Waals surface area contributed by atoms with Crippen molar-refractivity contribution in [2.45, 2.75) is 34.1 Å². The molecule has 0 bridgehead atoms. The zero-order chi connectivity index (χ0) is 18.3. The van der Waals surface area contributed by atoms with E-state index in [-0.39, 0.29) is 18.3 Å². The second kappa shape index (κ2) is 6.35. The lowest BCUT2D eigenvalue weighted by Gasteiger charge is -2.20. The van der Waals surface area contributed by atoms with E-state index in [9.17, 15) is 9.59 Å². The molecule has 1 aromatic carbocycles. The molecule has 132 valence electrons. The molecule has 0 radical (unpaired) electrons. The summed E-state index contributed by atoms with van der Waals surface area (Å²) in [6.45, 7) is 8.01. The summed E-state index contributed by atoms with van der Waals surface area (Å²) in [5.41, 5.74) is 4.52. The number of aryl methyl sites for hydroxylation is 3. The lowest BCUT2D eigenvalue weighted by molar-refractivity contribution is -0.139. The van der Waals surface area contributed by atoms with Gasteiger partial charge in [-0.05, 0) is 44.9 Å². The average molecular weight is 341 g/mol. The number of carbonyl (C=O) groups is 2. The normalized spacial score (nSPS) is 17.2. The van der Waals surface area contributed by atoms with Crippen LogP contribution in [0.4, 0.5) is 5.69 Å². The van der Waals surface area contributed by atoms with Gasteiger partial charge in [0.25, 0.3) is 0 Å². The third-order valence-corrected chi connectivity index (χ3v) is 4.97. The van der Waals surface area contributed by atoms with Gasteiger partial charge in [-0.2, -0.15) is 5.10 Å². The number of aromatic nitrogens is 2. The number of anilines is 1. The van der Waals surface area contributed by atoms with Gasteiger partial charge >= 0.3 is 5.97 Å². The number of carbonyl (C=O) groups excluding carboxylic acids is 2. The van der Waals surface area contributed by atoms with Gasteiger partial charge in [0.1, 0.15) is 5.69 Å². The summed E-state index contributed by atoms with van der Waals surface area (Å²) >= 11 is 0. The van der Waals surface area contributed by atoms with Crippen molar-refractivity contribution in [1.82, 2.24) is 9.78 Å². The van der Waals surface area contributed by atoms with Crippen LogP contribution < -0.4 is 9.64 Å². The van der Waals surface area contributed by atoms with Crippen molar-refractivity contribution >= 4 is 17.6 Å². The maximum atomic E-state index is 12.6. The molecule has 0 saturated carbocycles. The van der Waals surface area contributed by atoms with Crippen LogP contribution >= 0.6 is 0 Å². The van der Waals surface area contributed by atoms with Gasteiger partial charge in [0.2, 0.25) is 5.91 Å². The Labute approximate surface area is 147 Å². The van der Waals surface area contributed by atoms with Gasteiger partial charge in [0.15, 0.2) is 5.75 Å². The summed E-state index contributed by atoms with van der Waals surface area (Å²) in [5, 5.41) is 4.25. The molecule has 2 aromatic rings. The Bertz CT molecular complexity index is 854. The van der Waals surface area contributed by atoms with Crippen molar-refractivity contribution < 1.29 is 14.3 Å². The Balaban J connectivity index is 1.78. The standard InChI is InChI=1S/C19H23N3O3/c1-11-7-6-8-16(12(11)2)22-10-15(9-17(22)23)19(24)25-18-13(3)20-21(5)14(18)4/h6-8,15H,9-10H2,1-5H3. The van der Waals surface area contributed by atoms with E-state index in [1.807, 2.05) is 39.0 Å². The van der Waals surface area contributed by atoms with E-state index in [1.165, 1.54) is 0 Å². The maximum absolute atomic E-state index is 12.6. The first-order valence-electron chi connectivity index (χ1n) is 8.38.